The van der Waals surface area contributed by atoms with E-state index in [1.54, 1.807) is 16.3 Å². The van der Waals surface area contributed by atoms with Gasteiger partial charge in [-0.1, -0.05) is 0 Å². The summed E-state index contributed by atoms with van der Waals surface area (Å²) in [6, 6.07) is 1.56. The highest BCUT2D eigenvalue weighted by Gasteiger charge is 2.36. The molecule has 0 spiro atoms. The number of ether oxygens (including phenoxy) is 1. The number of hydrogen-bond acceptors (Lipinski definition) is 4. The largest absolute Gasteiger partial charge is 0.377 e. The number of amides is 2. The smallest absolute Gasteiger partial charge is 0.255 e. The van der Waals surface area contributed by atoms with E-state index in [1.807, 2.05) is 0 Å². The molecular formula is C13H15BrN2O3S. The summed E-state index contributed by atoms with van der Waals surface area (Å²) in [5.41, 5.74) is 0.619. The molecule has 1 aromatic rings. The van der Waals surface area contributed by atoms with Crippen LogP contribution in [0.25, 0.3) is 0 Å². The zero-order valence-electron chi connectivity index (χ0n) is 10.8. The fourth-order valence-electron chi connectivity index (χ4n) is 2.18. The van der Waals surface area contributed by atoms with Gasteiger partial charge in [0.15, 0.2) is 0 Å². The lowest BCUT2D eigenvalue weighted by Gasteiger charge is -2.34. The second-order valence-electron chi connectivity index (χ2n) is 5.01. The molecule has 1 aromatic heterocycles. The standard InChI is InChI=1S/C13H15BrN2O3S/c14-11-5-8(7-20-11)13(18)16-3-4-19-6-10(16)12(17)15-9-1-2-9/h5,7,9-10H,1-4,6H2,(H,15,17). The first-order valence-electron chi connectivity index (χ1n) is 6.58. The van der Waals surface area contributed by atoms with E-state index in [9.17, 15) is 9.59 Å². The van der Waals surface area contributed by atoms with Gasteiger partial charge in [0.25, 0.3) is 5.91 Å². The summed E-state index contributed by atoms with van der Waals surface area (Å²) in [4.78, 5) is 26.3. The maximum atomic E-state index is 12.5. The fraction of sp³-hybridized carbons (Fsp3) is 0.538. The molecule has 2 heterocycles. The van der Waals surface area contributed by atoms with E-state index in [2.05, 4.69) is 21.2 Å². The molecule has 1 atom stereocenters. The third kappa shape index (κ3) is 3.05. The first kappa shape index (κ1) is 14.0. The second kappa shape index (κ2) is 5.83. The molecule has 108 valence electrons. The van der Waals surface area contributed by atoms with Crippen LogP contribution in [0, 0.1) is 0 Å². The van der Waals surface area contributed by atoms with E-state index in [4.69, 9.17) is 4.74 Å². The molecule has 1 saturated heterocycles. The van der Waals surface area contributed by atoms with Crippen molar-refractivity contribution in [3.8, 4) is 0 Å². The molecule has 1 aliphatic heterocycles. The summed E-state index contributed by atoms with van der Waals surface area (Å²) in [6.45, 7) is 1.20. The van der Waals surface area contributed by atoms with Crippen LogP contribution < -0.4 is 5.32 Å². The van der Waals surface area contributed by atoms with Gasteiger partial charge in [-0.2, -0.15) is 0 Å². The van der Waals surface area contributed by atoms with Gasteiger partial charge in [-0.15, -0.1) is 11.3 Å². The van der Waals surface area contributed by atoms with Crippen LogP contribution in [-0.2, 0) is 9.53 Å². The highest BCUT2D eigenvalue weighted by atomic mass is 79.9. The van der Waals surface area contributed by atoms with Gasteiger partial charge in [0.05, 0.1) is 22.6 Å². The van der Waals surface area contributed by atoms with Gasteiger partial charge in [-0.3, -0.25) is 9.59 Å². The number of rotatable bonds is 3. The number of morpholine rings is 1. The summed E-state index contributed by atoms with van der Waals surface area (Å²) in [5, 5.41) is 4.75. The van der Waals surface area contributed by atoms with Crippen LogP contribution in [0.5, 0.6) is 0 Å². The minimum atomic E-state index is -0.518. The minimum Gasteiger partial charge on any atom is -0.377 e. The SMILES string of the molecule is O=C(NC1CC1)C1COCCN1C(=O)c1csc(Br)c1. The summed E-state index contributed by atoms with van der Waals surface area (Å²) in [5.74, 6) is -0.207. The average Bonchev–Trinajstić information content (AvgIpc) is 3.16. The van der Waals surface area contributed by atoms with Gasteiger partial charge >= 0.3 is 0 Å². The van der Waals surface area contributed by atoms with Crippen molar-refractivity contribution in [2.75, 3.05) is 19.8 Å². The van der Waals surface area contributed by atoms with Crippen LogP contribution in [0.2, 0.25) is 0 Å². The Morgan fingerprint density at radius 1 is 1.45 bits per heavy atom. The number of thiophene rings is 1. The first-order chi connectivity index (χ1) is 9.65. The van der Waals surface area contributed by atoms with Crippen LogP contribution >= 0.6 is 27.3 Å². The number of nitrogens with one attached hydrogen (secondary N) is 1. The van der Waals surface area contributed by atoms with Crippen LogP contribution in [0.1, 0.15) is 23.2 Å². The third-order valence-electron chi connectivity index (χ3n) is 3.43. The molecule has 20 heavy (non-hydrogen) atoms. The molecule has 7 heteroatoms. The Morgan fingerprint density at radius 3 is 2.90 bits per heavy atom. The van der Waals surface area contributed by atoms with E-state index in [0.717, 1.165) is 16.6 Å². The van der Waals surface area contributed by atoms with Crippen LogP contribution in [0.15, 0.2) is 15.2 Å². The van der Waals surface area contributed by atoms with E-state index < -0.39 is 6.04 Å². The van der Waals surface area contributed by atoms with Crippen LogP contribution in [-0.4, -0.2) is 48.6 Å². The van der Waals surface area contributed by atoms with Crippen molar-refractivity contribution < 1.29 is 14.3 Å². The predicted octanol–water partition coefficient (Wildman–Crippen LogP) is 1.63. The van der Waals surface area contributed by atoms with Crippen molar-refractivity contribution >= 4 is 39.1 Å². The lowest BCUT2D eigenvalue weighted by atomic mass is 10.1. The zero-order valence-corrected chi connectivity index (χ0v) is 13.2. The normalized spacial score (nSPS) is 22.6. The number of nitrogens with zero attached hydrogens (tertiary/aromatic N) is 1. The van der Waals surface area contributed by atoms with Gasteiger partial charge in [-0.25, -0.2) is 0 Å². The summed E-state index contributed by atoms with van der Waals surface area (Å²) in [6.07, 6.45) is 2.06. The van der Waals surface area contributed by atoms with Crippen molar-refractivity contribution in [2.45, 2.75) is 24.9 Å². The molecule has 1 N–H and O–H groups in total. The molecule has 0 aromatic carbocycles. The lowest BCUT2D eigenvalue weighted by molar-refractivity contribution is -0.130. The molecule has 2 amide bonds. The Morgan fingerprint density at radius 2 is 2.25 bits per heavy atom. The molecule has 0 bridgehead atoms. The Balaban J connectivity index is 1.73. The zero-order chi connectivity index (χ0) is 14.1. The van der Waals surface area contributed by atoms with Gasteiger partial charge in [0.1, 0.15) is 6.04 Å². The van der Waals surface area contributed by atoms with Crippen molar-refractivity contribution in [2.24, 2.45) is 0 Å². The maximum Gasteiger partial charge on any atom is 0.255 e. The minimum absolute atomic E-state index is 0.102. The molecule has 0 radical (unpaired) electrons. The molecule has 5 nitrogen and oxygen atoms in total. The topological polar surface area (TPSA) is 58.6 Å². The van der Waals surface area contributed by atoms with Crippen LogP contribution in [0.4, 0.5) is 0 Å². The Bertz CT molecular complexity index is 529. The Hall–Kier alpha value is -0.920. The van der Waals surface area contributed by atoms with Crippen LogP contribution in [0.3, 0.4) is 0 Å². The quantitative estimate of drug-likeness (QED) is 0.893. The monoisotopic (exact) mass is 358 g/mol. The molecule has 1 aliphatic carbocycles. The number of hydrogen-bond donors (Lipinski definition) is 1. The van der Waals surface area contributed by atoms with Crippen molar-refractivity contribution in [3.63, 3.8) is 0 Å². The van der Waals surface area contributed by atoms with E-state index >= 15 is 0 Å². The molecule has 3 rings (SSSR count). The second-order valence-corrected chi connectivity index (χ2v) is 7.30. The van der Waals surface area contributed by atoms with Gasteiger partial charge in [-0.05, 0) is 34.8 Å². The third-order valence-corrected chi connectivity index (χ3v) is 4.93. The molecule has 2 aliphatic rings. The highest BCUT2D eigenvalue weighted by Crippen LogP contribution is 2.24. The molecular weight excluding hydrogens is 344 g/mol. The van der Waals surface area contributed by atoms with E-state index in [-0.39, 0.29) is 24.5 Å². The molecule has 2 fully saturated rings. The summed E-state index contributed by atoms with van der Waals surface area (Å²) >= 11 is 4.82. The van der Waals surface area contributed by atoms with E-state index in [1.165, 1.54) is 11.3 Å². The summed E-state index contributed by atoms with van der Waals surface area (Å²) < 4.78 is 6.28. The van der Waals surface area contributed by atoms with Gasteiger partial charge in [0, 0.05) is 18.0 Å². The van der Waals surface area contributed by atoms with Crippen molar-refractivity contribution in [1.29, 1.82) is 0 Å². The van der Waals surface area contributed by atoms with Crippen molar-refractivity contribution in [3.05, 3.63) is 20.8 Å². The number of carbonyl (C=O) groups is 2. The van der Waals surface area contributed by atoms with Gasteiger partial charge in [0.2, 0.25) is 5.91 Å². The van der Waals surface area contributed by atoms with Crippen molar-refractivity contribution in [1.82, 2.24) is 10.2 Å². The lowest BCUT2D eigenvalue weighted by Crippen LogP contribution is -2.56. The average molecular weight is 359 g/mol. The van der Waals surface area contributed by atoms with Gasteiger partial charge < -0.3 is 15.0 Å². The Labute approximate surface area is 129 Å². The Kier molecular flexibility index (Phi) is 4.09. The number of carbonyl (C=O) groups excluding carboxylic acids is 2. The van der Waals surface area contributed by atoms with E-state index in [0.29, 0.717) is 18.7 Å². The molecule has 1 unspecified atom stereocenters. The maximum absolute atomic E-state index is 12.5. The predicted molar refractivity (Wildman–Crippen MR) is 78.8 cm³/mol. The first-order valence-corrected chi connectivity index (χ1v) is 8.25. The molecule has 1 saturated carbocycles. The fourth-order valence-corrected chi connectivity index (χ4v) is 3.31. The number of halogens is 1. The summed E-state index contributed by atoms with van der Waals surface area (Å²) in [7, 11) is 0. The highest BCUT2D eigenvalue weighted by molar-refractivity contribution is 9.11.